The highest BCUT2D eigenvalue weighted by Crippen LogP contribution is 2.01. The first-order valence-electron chi connectivity index (χ1n) is 5.38. The summed E-state index contributed by atoms with van der Waals surface area (Å²) in [7, 11) is -4.00. The van der Waals surface area contributed by atoms with Gasteiger partial charge in [0.05, 0.1) is 11.8 Å². The summed E-state index contributed by atoms with van der Waals surface area (Å²) in [6.07, 6.45) is 2.73. The van der Waals surface area contributed by atoms with Gasteiger partial charge in [-0.15, -0.1) is 19.7 Å². The molecule has 1 aromatic rings. The first-order chi connectivity index (χ1) is 9.35. The minimum atomic E-state index is -4.00. The number of carboxylic acid groups (broad SMARTS) is 1. The molecule has 0 spiro atoms. The lowest BCUT2D eigenvalue weighted by Crippen LogP contribution is -1.88. The number of hydrogen-bond acceptors (Lipinski definition) is 3. The summed E-state index contributed by atoms with van der Waals surface area (Å²) in [6, 6.07) is 8.86. The second kappa shape index (κ2) is 11.9. The van der Waals surface area contributed by atoms with E-state index >= 15 is 0 Å². The first-order valence-corrected chi connectivity index (χ1v) is 6.89. The fourth-order valence-corrected chi connectivity index (χ4v) is 1.18. The fourth-order valence-electron chi connectivity index (χ4n) is 0.852. The Morgan fingerprint density at radius 3 is 2.00 bits per heavy atom. The molecule has 0 aromatic heterocycles. The SMILES string of the molecule is C=C.C=CCC(=O)O.O=S(=O)(O)C=Cc1ccccc1. The third-order valence-corrected chi connectivity index (χ3v) is 2.03. The molecule has 20 heavy (non-hydrogen) atoms. The molecule has 0 amide bonds. The van der Waals surface area contributed by atoms with Gasteiger partial charge in [0.2, 0.25) is 0 Å². The van der Waals surface area contributed by atoms with Crippen molar-refractivity contribution in [2.75, 3.05) is 0 Å². The van der Waals surface area contributed by atoms with E-state index in [1.54, 1.807) is 24.3 Å². The maximum absolute atomic E-state index is 10.3. The van der Waals surface area contributed by atoms with Gasteiger partial charge in [0.15, 0.2) is 0 Å². The van der Waals surface area contributed by atoms with E-state index in [4.69, 9.17) is 9.66 Å². The highest BCUT2D eigenvalue weighted by atomic mass is 32.2. The maximum atomic E-state index is 10.3. The lowest BCUT2D eigenvalue weighted by atomic mass is 10.2. The number of rotatable bonds is 4. The molecule has 2 N–H and O–H groups in total. The van der Waals surface area contributed by atoms with Gasteiger partial charge in [-0.05, 0) is 11.6 Å². The third-order valence-electron chi connectivity index (χ3n) is 1.55. The molecule has 0 saturated carbocycles. The summed E-state index contributed by atoms with van der Waals surface area (Å²) >= 11 is 0. The van der Waals surface area contributed by atoms with Crippen LogP contribution in [0.3, 0.4) is 0 Å². The van der Waals surface area contributed by atoms with Crippen molar-refractivity contribution in [2.24, 2.45) is 0 Å². The highest BCUT2D eigenvalue weighted by Gasteiger charge is 1.94. The first kappa shape index (κ1) is 20.1. The van der Waals surface area contributed by atoms with E-state index in [1.807, 2.05) is 6.07 Å². The van der Waals surface area contributed by atoms with Crippen LogP contribution in [-0.4, -0.2) is 24.0 Å². The Balaban J connectivity index is 0. The van der Waals surface area contributed by atoms with E-state index < -0.39 is 16.1 Å². The van der Waals surface area contributed by atoms with Crippen LogP contribution in [-0.2, 0) is 14.9 Å². The quantitative estimate of drug-likeness (QED) is 0.658. The molecule has 6 heteroatoms. The smallest absolute Gasteiger partial charge is 0.307 e. The van der Waals surface area contributed by atoms with Crippen LogP contribution < -0.4 is 0 Å². The molecular formula is C14H18O5S. The molecular weight excluding hydrogens is 280 g/mol. The topological polar surface area (TPSA) is 91.7 Å². The van der Waals surface area contributed by atoms with Crippen LogP contribution in [0, 0.1) is 0 Å². The van der Waals surface area contributed by atoms with Gasteiger partial charge in [-0.1, -0.05) is 36.4 Å². The number of benzene rings is 1. The Kier molecular flexibility index (Phi) is 12.0. The molecule has 0 heterocycles. The van der Waals surface area contributed by atoms with Crippen molar-refractivity contribution in [3.05, 3.63) is 67.1 Å². The van der Waals surface area contributed by atoms with Gasteiger partial charge in [0, 0.05) is 0 Å². The zero-order chi connectivity index (χ0) is 16.0. The van der Waals surface area contributed by atoms with Crippen molar-refractivity contribution < 1.29 is 22.9 Å². The molecule has 0 unspecified atom stereocenters. The normalized spacial score (nSPS) is 9.65. The van der Waals surface area contributed by atoms with Crippen molar-refractivity contribution in [3.8, 4) is 0 Å². The standard InChI is InChI=1S/C8H8O3S.C4H6O2.C2H4/c9-12(10,11)7-6-8-4-2-1-3-5-8;1-2-3-4(5)6;1-2/h1-7H,(H,9,10,11);2H,1,3H2,(H,5,6);1-2H2. The predicted octanol–water partition coefficient (Wildman–Crippen LogP) is 2.99. The molecule has 5 nitrogen and oxygen atoms in total. The highest BCUT2D eigenvalue weighted by molar-refractivity contribution is 7.88. The van der Waals surface area contributed by atoms with Crippen LogP contribution in [0.15, 0.2) is 61.6 Å². The summed E-state index contributed by atoms with van der Waals surface area (Å²) in [5, 5.41) is 8.59. The largest absolute Gasteiger partial charge is 0.481 e. The van der Waals surface area contributed by atoms with Gasteiger partial charge < -0.3 is 5.11 Å². The van der Waals surface area contributed by atoms with Crippen molar-refractivity contribution in [1.29, 1.82) is 0 Å². The number of carboxylic acids is 1. The number of hydrogen-bond donors (Lipinski definition) is 2. The van der Waals surface area contributed by atoms with Crippen LogP contribution in [0.1, 0.15) is 12.0 Å². The molecule has 0 atom stereocenters. The maximum Gasteiger partial charge on any atom is 0.307 e. The van der Waals surface area contributed by atoms with Crippen LogP contribution in [0.5, 0.6) is 0 Å². The van der Waals surface area contributed by atoms with Crippen LogP contribution in [0.4, 0.5) is 0 Å². The Morgan fingerprint density at radius 1 is 1.20 bits per heavy atom. The average Bonchev–Trinajstić information content (AvgIpc) is 2.40. The van der Waals surface area contributed by atoms with Gasteiger partial charge in [0.25, 0.3) is 10.1 Å². The monoisotopic (exact) mass is 298 g/mol. The Bertz CT molecular complexity index is 518. The second-order valence-corrected chi connectivity index (χ2v) is 4.42. The summed E-state index contributed by atoms with van der Waals surface area (Å²) in [6.45, 7) is 9.22. The second-order valence-electron chi connectivity index (χ2n) is 3.11. The van der Waals surface area contributed by atoms with E-state index in [0.29, 0.717) is 0 Å². The predicted molar refractivity (Wildman–Crippen MR) is 80.7 cm³/mol. The summed E-state index contributed by atoms with van der Waals surface area (Å²) in [5.41, 5.74) is 0.732. The minimum absolute atomic E-state index is 0.0556. The summed E-state index contributed by atoms with van der Waals surface area (Å²) in [4.78, 5) is 9.53. The molecule has 0 aliphatic heterocycles. The van der Waals surface area contributed by atoms with E-state index in [1.165, 1.54) is 12.2 Å². The van der Waals surface area contributed by atoms with Crippen LogP contribution in [0.2, 0.25) is 0 Å². The van der Waals surface area contributed by atoms with Crippen LogP contribution in [0.25, 0.3) is 6.08 Å². The fraction of sp³-hybridized carbons (Fsp3) is 0.0714. The minimum Gasteiger partial charge on any atom is -0.481 e. The lowest BCUT2D eigenvalue weighted by molar-refractivity contribution is -0.135. The zero-order valence-electron chi connectivity index (χ0n) is 11.0. The van der Waals surface area contributed by atoms with E-state index in [-0.39, 0.29) is 6.42 Å². The molecule has 0 aliphatic rings. The Labute approximate surface area is 119 Å². The molecule has 0 aliphatic carbocycles. The van der Waals surface area contributed by atoms with E-state index in [0.717, 1.165) is 11.0 Å². The molecule has 0 saturated heterocycles. The van der Waals surface area contributed by atoms with Crippen LogP contribution >= 0.6 is 0 Å². The number of carbonyl (C=O) groups is 1. The molecule has 1 aromatic carbocycles. The van der Waals surface area contributed by atoms with Gasteiger partial charge in [-0.2, -0.15) is 8.42 Å². The molecule has 0 radical (unpaired) electrons. The molecule has 110 valence electrons. The average molecular weight is 298 g/mol. The molecule has 0 bridgehead atoms. The molecule has 0 fully saturated rings. The van der Waals surface area contributed by atoms with Crippen molar-refractivity contribution >= 4 is 22.2 Å². The lowest BCUT2D eigenvalue weighted by Gasteiger charge is -1.89. The summed E-state index contributed by atoms with van der Waals surface area (Å²) in [5.74, 6) is -0.829. The zero-order valence-corrected chi connectivity index (χ0v) is 11.8. The third kappa shape index (κ3) is 15.8. The summed E-state index contributed by atoms with van der Waals surface area (Å²) < 4.78 is 28.9. The van der Waals surface area contributed by atoms with Gasteiger partial charge >= 0.3 is 5.97 Å². The Morgan fingerprint density at radius 2 is 1.70 bits per heavy atom. The van der Waals surface area contributed by atoms with Gasteiger partial charge in [-0.3, -0.25) is 9.35 Å². The van der Waals surface area contributed by atoms with Crippen molar-refractivity contribution in [2.45, 2.75) is 6.42 Å². The van der Waals surface area contributed by atoms with Gasteiger partial charge in [-0.25, -0.2) is 0 Å². The molecule has 1 rings (SSSR count). The number of aliphatic carboxylic acids is 1. The van der Waals surface area contributed by atoms with Crippen molar-refractivity contribution in [3.63, 3.8) is 0 Å². The van der Waals surface area contributed by atoms with Gasteiger partial charge in [0.1, 0.15) is 0 Å². The van der Waals surface area contributed by atoms with E-state index in [2.05, 4.69) is 19.7 Å². The Hall–Kier alpha value is -2.18. The van der Waals surface area contributed by atoms with E-state index in [9.17, 15) is 13.2 Å². The van der Waals surface area contributed by atoms with Crippen molar-refractivity contribution in [1.82, 2.24) is 0 Å².